The number of rotatable bonds is 2. The lowest BCUT2D eigenvalue weighted by molar-refractivity contribution is 0.605. The molecule has 0 aliphatic heterocycles. The number of hydrogen-bond acceptors (Lipinski definition) is 1. The van der Waals surface area contributed by atoms with Gasteiger partial charge in [-0.25, -0.2) is 0 Å². The highest BCUT2D eigenvalue weighted by Gasteiger charge is 2.14. The molecule has 1 aromatic rings. The van der Waals surface area contributed by atoms with Crippen LogP contribution in [0.2, 0.25) is 0 Å². The lowest BCUT2D eigenvalue weighted by Gasteiger charge is -2.16. The average molecular weight is 159 g/mol. The van der Waals surface area contributed by atoms with Crippen LogP contribution in [0.1, 0.15) is 12.5 Å². The van der Waals surface area contributed by atoms with Crippen LogP contribution >= 0.6 is 0 Å². The van der Waals surface area contributed by atoms with Crippen LogP contribution in [0.3, 0.4) is 0 Å². The van der Waals surface area contributed by atoms with Crippen LogP contribution in [-0.4, -0.2) is 5.54 Å². The van der Waals surface area contributed by atoms with E-state index in [4.69, 9.17) is 12.2 Å². The number of nitrogens with two attached hydrogens (primary N) is 1. The van der Waals surface area contributed by atoms with Crippen molar-refractivity contribution in [2.75, 3.05) is 0 Å². The highest BCUT2D eigenvalue weighted by atomic mass is 14.7. The maximum atomic E-state index is 5.81. The smallest absolute Gasteiger partial charge is 0.0785 e. The zero-order valence-corrected chi connectivity index (χ0v) is 7.25. The Kier molecular flexibility index (Phi) is 2.52. The zero-order valence-electron chi connectivity index (χ0n) is 7.25. The topological polar surface area (TPSA) is 26.0 Å². The fraction of sp³-hybridized carbons (Fsp3) is 0.273. The molecule has 62 valence electrons. The minimum absolute atomic E-state index is 0.526. The predicted octanol–water partition coefficient (Wildman–Crippen LogP) is 1.58. The van der Waals surface area contributed by atoms with Gasteiger partial charge >= 0.3 is 0 Å². The summed E-state index contributed by atoms with van der Waals surface area (Å²) in [5.41, 5.74) is 6.47. The van der Waals surface area contributed by atoms with Gasteiger partial charge in [0.25, 0.3) is 0 Å². The molecule has 0 heterocycles. The maximum Gasteiger partial charge on any atom is 0.0785 e. The van der Waals surface area contributed by atoms with Gasteiger partial charge in [-0.05, 0) is 12.5 Å². The fourth-order valence-electron chi connectivity index (χ4n) is 1.07. The summed E-state index contributed by atoms with van der Waals surface area (Å²) in [6, 6.07) is 10.0. The Labute approximate surface area is 73.6 Å². The van der Waals surface area contributed by atoms with E-state index in [0.717, 1.165) is 6.42 Å². The van der Waals surface area contributed by atoms with E-state index in [1.54, 1.807) is 0 Å². The first-order chi connectivity index (χ1) is 5.64. The van der Waals surface area contributed by atoms with Gasteiger partial charge in [-0.15, -0.1) is 6.42 Å². The molecule has 0 spiro atoms. The summed E-state index contributed by atoms with van der Waals surface area (Å²) >= 11 is 0. The van der Waals surface area contributed by atoms with Crippen molar-refractivity contribution in [3.8, 4) is 12.3 Å². The van der Waals surface area contributed by atoms with Gasteiger partial charge in [0, 0.05) is 6.42 Å². The fourth-order valence-corrected chi connectivity index (χ4v) is 1.07. The molecule has 0 bridgehead atoms. The molecular weight excluding hydrogens is 146 g/mol. The minimum atomic E-state index is -0.526. The third-order valence-electron chi connectivity index (χ3n) is 1.74. The van der Waals surface area contributed by atoms with Gasteiger partial charge in [-0.1, -0.05) is 36.3 Å². The second-order valence-electron chi connectivity index (χ2n) is 3.22. The molecule has 0 saturated heterocycles. The maximum absolute atomic E-state index is 5.81. The number of terminal acetylenes is 1. The zero-order chi connectivity index (χ0) is 9.03. The number of benzene rings is 1. The Morgan fingerprint density at radius 2 is 2.00 bits per heavy atom. The molecule has 0 amide bonds. The van der Waals surface area contributed by atoms with Crippen molar-refractivity contribution in [2.24, 2.45) is 5.73 Å². The van der Waals surface area contributed by atoms with E-state index in [-0.39, 0.29) is 0 Å². The molecule has 2 N–H and O–H groups in total. The Morgan fingerprint density at radius 1 is 1.42 bits per heavy atom. The summed E-state index contributed by atoms with van der Waals surface area (Å²) in [6.45, 7) is 1.86. The largest absolute Gasteiger partial charge is 0.315 e. The quantitative estimate of drug-likeness (QED) is 0.651. The van der Waals surface area contributed by atoms with Gasteiger partial charge in [0.1, 0.15) is 0 Å². The van der Waals surface area contributed by atoms with Crippen molar-refractivity contribution in [1.29, 1.82) is 0 Å². The SMILES string of the molecule is C#CC(C)(N)Cc1ccccc1. The van der Waals surface area contributed by atoms with Gasteiger partial charge in [0.2, 0.25) is 0 Å². The van der Waals surface area contributed by atoms with E-state index in [9.17, 15) is 0 Å². The third-order valence-corrected chi connectivity index (χ3v) is 1.74. The number of hydrogen-bond donors (Lipinski definition) is 1. The molecule has 1 aromatic carbocycles. The van der Waals surface area contributed by atoms with Crippen molar-refractivity contribution in [3.63, 3.8) is 0 Å². The highest BCUT2D eigenvalue weighted by molar-refractivity contribution is 5.22. The molecule has 1 unspecified atom stereocenters. The summed E-state index contributed by atoms with van der Waals surface area (Å²) in [5, 5.41) is 0. The second kappa shape index (κ2) is 3.42. The summed E-state index contributed by atoms with van der Waals surface area (Å²) in [7, 11) is 0. The van der Waals surface area contributed by atoms with Crippen molar-refractivity contribution < 1.29 is 0 Å². The van der Waals surface area contributed by atoms with E-state index in [1.807, 2.05) is 37.3 Å². The highest BCUT2D eigenvalue weighted by Crippen LogP contribution is 2.08. The van der Waals surface area contributed by atoms with Crippen LogP contribution in [0.4, 0.5) is 0 Å². The van der Waals surface area contributed by atoms with Crippen molar-refractivity contribution in [3.05, 3.63) is 35.9 Å². The average Bonchev–Trinajstić information content (AvgIpc) is 2.06. The Morgan fingerprint density at radius 3 is 2.50 bits per heavy atom. The third kappa shape index (κ3) is 2.41. The predicted molar refractivity (Wildman–Crippen MR) is 51.6 cm³/mol. The molecule has 0 fully saturated rings. The van der Waals surface area contributed by atoms with E-state index in [1.165, 1.54) is 5.56 Å². The molecule has 0 radical (unpaired) electrons. The van der Waals surface area contributed by atoms with E-state index in [2.05, 4.69) is 5.92 Å². The van der Waals surface area contributed by atoms with E-state index < -0.39 is 5.54 Å². The summed E-state index contributed by atoms with van der Waals surface area (Å²) < 4.78 is 0. The lowest BCUT2D eigenvalue weighted by atomic mass is 9.95. The first kappa shape index (κ1) is 8.83. The Hall–Kier alpha value is -1.26. The standard InChI is InChI=1S/C11H13N/c1-3-11(2,12)9-10-7-5-4-6-8-10/h1,4-8H,9,12H2,2H3. The van der Waals surface area contributed by atoms with Gasteiger partial charge in [0.05, 0.1) is 5.54 Å². The second-order valence-corrected chi connectivity index (χ2v) is 3.22. The van der Waals surface area contributed by atoms with Crippen LogP contribution in [0, 0.1) is 12.3 Å². The summed E-state index contributed by atoms with van der Waals surface area (Å²) in [6.07, 6.45) is 6.01. The molecule has 1 rings (SSSR count). The van der Waals surface area contributed by atoms with Gasteiger partial charge < -0.3 is 5.73 Å². The molecule has 1 heteroatoms. The molecule has 0 saturated carbocycles. The normalized spacial score (nSPS) is 14.8. The van der Waals surface area contributed by atoms with E-state index >= 15 is 0 Å². The van der Waals surface area contributed by atoms with Gasteiger partial charge in [-0.3, -0.25) is 0 Å². The molecule has 0 aromatic heterocycles. The lowest BCUT2D eigenvalue weighted by Crippen LogP contribution is -2.36. The Bertz CT molecular complexity index is 280. The monoisotopic (exact) mass is 159 g/mol. The van der Waals surface area contributed by atoms with Crippen LogP contribution in [0.25, 0.3) is 0 Å². The first-order valence-electron chi connectivity index (χ1n) is 3.95. The molecule has 0 aliphatic rings. The van der Waals surface area contributed by atoms with Crippen molar-refractivity contribution in [2.45, 2.75) is 18.9 Å². The van der Waals surface area contributed by atoms with Gasteiger partial charge in [0.15, 0.2) is 0 Å². The molecular formula is C11H13N. The summed E-state index contributed by atoms with van der Waals surface area (Å²) in [4.78, 5) is 0. The van der Waals surface area contributed by atoms with Gasteiger partial charge in [-0.2, -0.15) is 0 Å². The van der Waals surface area contributed by atoms with Crippen LogP contribution < -0.4 is 5.73 Å². The molecule has 1 atom stereocenters. The minimum Gasteiger partial charge on any atom is -0.315 e. The summed E-state index contributed by atoms with van der Waals surface area (Å²) in [5.74, 6) is 2.57. The Balaban J connectivity index is 2.72. The first-order valence-corrected chi connectivity index (χ1v) is 3.95. The van der Waals surface area contributed by atoms with Crippen molar-refractivity contribution in [1.82, 2.24) is 0 Å². The van der Waals surface area contributed by atoms with Crippen LogP contribution in [-0.2, 0) is 6.42 Å². The van der Waals surface area contributed by atoms with Crippen LogP contribution in [0.5, 0.6) is 0 Å². The molecule has 1 nitrogen and oxygen atoms in total. The van der Waals surface area contributed by atoms with Crippen molar-refractivity contribution >= 4 is 0 Å². The molecule has 0 aliphatic carbocycles. The van der Waals surface area contributed by atoms with E-state index in [0.29, 0.717) is 0 Å². The molecule has 12 heavy (non-hydrogen) atoms. The van der Waals surface area contributed by atoms with Crippen LogP contribution in [0.15, 0.2) is 30.3 Å².